The summed E-state index contributed by atoms with van der Waals surface area (Å²) in [5.41, 5.74) is 0. The van der Waals surface area contributed by atoms with Crippen molar-refractivity contribution in [2.45, 2.75) is 44.6 Å². The minimum atomic E-state index is -0.671. The Kier molecular flexibility index (Phi) is 6.45. The Morgan fingerprint density at radius 3 is 2.48 bits per heavy atom. The Bertz CT molecular complexity index is 348. The van der Waals surface area contributed by atoms with Crippen molar-refractivity contribution in [1.82, 2.24) is 10.6 Å². The highest BCUT2D eigenvalue weighted by Crippen LogP contribution is 2.28. The summed E-state index contributed by atoms with van der Waals surface area (Å²) in [6, 6.07) is 0. The maximum Gasteiger partial charge on any atom is 0.306 e. The number of amides is 1. The van der Waals surface area contributed by atoms with E-state index in [1.807, 2.05) is 0 Å². The highest BCUT2D eigenvalue weighted by molar-refractivity contribution is 5.78. The zero-order valence-electron chi connectivity index (χ0n) is 12.5. The molecule has 0 aromatic rings. The van der Waals surface area contributed by atoms with Crippen molar-refractivity contribution < 1.29 is 19.4 Å². The summed E-state index contributed by atoms with van der Waals surface area (Å²) < 4.78 is 5.45. The molecule has 2 aliphatic rings. The van der Waals surface area contributed by atoms with Crippen LogP contribution < -0.4 is 10.6 Å². The molecule has 1 saturated heterocycles. The lowest BCUT2D eigenvalue weighted by Crippen LogP contribution is -2.39. The number of nitrogens with one attached hydrogen (secondary N) is 2. The van der Waals surface area contributed by atoms with E-state index in [1.54, 1.807) is 0 Å². The molecule has 0 aromatic carbocycles. The monoisotopic (exact) mass is 298 g/mol. The zero-order chi connectivity index (χ0) is 15.1. The van der Waals surface area contributed by atoms with Gasteiger partial charge in [-0.2, -0.15) is 0 Å². The molecule has 0 radical (unpaired) electrons. The Morgan fingerprint density at radius 2 is 1.86 bits per heavy atom. The van der Waals surface area contributed by atoms with Crippen molar-refractivity contribution in [3.63, 3.8) is 0 Å². The smallest absolute Gasteiger partial charge is 0.306 e. The number of ether oxygens (including phenoxy) is 1. The van der Waals surface area contributed by atoms with Crippen LogP contribution in [0, 0.1) is 11.8 Å². The van der Waals surface area contributed by atoms with Gasteiger partial charge in [0, 0.05) is 13.2 Å². The van der Waals surface area contributed by atoms with Crippen molar-refractivity contribution >= 4 is 11.9 Å². The van der Waals surface area contributed by atoms with Gasteiger partial charge >= 0.3 is 5.97 Å². The van der Waals surface area contributed by atoms with E-state index in [4.69, 9.17) is 9.84 Å². The van der Waals surface area contributed by atoms with E-state index in [0.717, 1.165) is 51.7 Å². The molecule has 6 nitrogen and oxygen atoms in total. The van der Waals surface area contributed by atoms with Gasteiger partial charge in [0.25, 0.3) is 0 Å². The van der Waals surface area contributed by atoms with Crippen LogP contribution in [-0.2, 0) is 14.3 Å². The van der Waals surface area contributed by atoms with E-state index >= 15 is 0 Å². The maximum absolute atomic E-state index is 11.7. The molecule has 2 rings (SSSR count). The van der Waals surface area contributed by atoms with Gasteiger partial charge in [0.05, 0.1) is 18.6 Å². The normalized spacial score (nSPS) is 29.2. The summed E-state index contributed by atoms with van der Waals surface area (Å²) in [4.78, 5) is 22.5. The average Bonchev–Trinajstić information content (AvgIpc) is 2.99. The van der Waals surface area contributed by atoms with Gasteiger partial charge in [-0.3, -0.25) is 9.59 Å². The average molecular weight is 298 g/mol. The van der Waals surface area contributed by atoms with E-state index in [9.17, 15) is 9.59 Å². The number of carboxylic acid groups (broad SMARTS) is 1. The number of carboxylic acids is 1. The van der Waals surface area contributed by atoms with Crippen LogP contribution >= 0.6 is 0 Å². The molecule has 1 aliphatic heterocycles. The van der Waals surface area contributed by atoms with Crippen molar-refractivity contribution in [2.75, 3.05) is 26.2 Å². The first-order chi connectivity index (χ1) is 10.1. The minimum absolute atomic E-state index is 0.00437. The van der Waals surface area contributed by atoms with E-state index in [0.29, 0.717) is 19.0 Å². The lowest BCUT2D eigenvalue weighted by molar-refractivity contribution is -0.143. The standard InChI is InChI=1S/C15H26N2O4/c18-14(17-9-13-2-1-7-21-13)10-16-8-11-3-5-12(6-4-11)15(19)20/h11-13,16H,1-10H2,(H,17,18)(H,19,20). The van der Waals surface area contributed by atoms with Gasteiger partial charge in [-0.25, -0.2) is 0 Å². The van der Waals surface area contributed by atoms with Crippen molar-refractivity contribution in [1.29, 1.82) is 0 Å². The van der Waals surface area contributed by atoms with E-state index in [2.05, 4.69) is 10.6 Å². The Hall–Kier alpha value is -1.14. The van der Waals surface area contributed by atoms with E-state index in [1.165, 1.54) is 0 Å². The Labute approximate surface area is 125 Å². The molecular formula is C15H26N2O4. The first-order valence-electron chi connectivity index (χ1n) is 7.97. The highest BCUT2D eigenvalue weighted by atomic mass is 16.5. The Balaban J connectivity index is 1.51. The predicted molar refractivity (Wildman–Crippen MR) is 77.9 cm³/mol. The summed E-state index contributed by atoms with van der Waals surface area (Å²) in [5.74, 6) is -0.345. The topological polar surface area (TPSA) is 87.7 Å². The van der Waals surface area contributed by atoms with Crippen molar-refractivity contribution in [2.24, 2.45) is 11.8 Å². The Morgan fingerprint density at radius 1 is 1.10 bits per heavy atom. The molecule has 1 aliphatic carbocycles. The van der Waals surface area contributed by atoms with Gasteiger partial charge in [0.1, 0.15) is 0 Å². The van der Waals surface area contributed by atoms with Crippen LogP contribution in [0.2, 0.25) is 0 Å². The lowest BCUT2D eigenvalue weighted by atomic mass is 9.82. The van der Waals surface area contributed by atoms with Crippen LogP contribution in [0.25, 0.3) is 0 Å². The third-order valence-corrected chi connectivity index (χ3v) is 4.47. The first-order valence-corrected chi connectivity index (χ1v) is 7.97. The summed E-state index contributed by atoms with van der Waals surface area (Å²) in [5, 5.41) is 15.0. The third-order valence-electron chi connectivity index (χ3n) is 4.47. The second-order valence-electron chi connectivity index (χ2n) is 6.13. The fraction of sp³-hybridized carbons (Fsp3) is 0.867. The van der Waals surface area contributed by atoms with Gasteiger partial charge in [0.2, 0.25) is 5.91 Å². The molecule has 120 valence electrons. The lowest BCUT2D eigenvalue weighted by Gasteiger charge is -2.26. The van der Waals surface area contributed by atoms with Crippen molar-refractivity contribution in [3.05, 3.63) is 0 Å². The van der Waals surface area contributed by atoms with Crippen LogP contribution in [0.15, 0.2) is 0 Å². The molecular weight excluding hydrogens is 272 g/mol. The van der Waals surface area contributed by atoms with Gasteiger partial charge in [0.15, 0.2) is 0 Å². The van der Waals surface area contributed by atoms with Crippen molar-refractivity contribution in [3.8, 4) is 0 Å². The van der Waals surface area contributed by atoms with E-state index in [-0.39, 0.29) is 17.9 Å². The van der Waals surface area contributed by atoms with Crippen LogP contribution in [0.1, 0.15) is 38.5 Å². The maximum atomic E-state index is 11.7. The van der Waals surface area contributed by atoms with Gasteiger partial charge in [-0.05, 0) is 51.0 Å². The minimum Gasteiger partial charge on any atom is -0.481 e. The summed E-state index contributed by atoms with van der Waals surface area (Å²) in [6.45, 7) is 2.52. The molecule has 2 fully saturated rings. The number of carbonyl (C=O) groups excluding carboxylic acids is 1. The second-order valence-corrected chi connectivity index (χ2v) is 6.13. The summed E-state index contributed by atoms with van der Waals surface area (Å²) in [6.07, 6.45) is 5.67. The molecule has 0 spiro atoms. The third kappa shape index (κ3) is 5.63. The number of rotatable bonds is 7. The molecule has 6 heteroatoms. The first kappa shape index (κ1) is 16.2. The molecule has 1 saturated carbocycles. The molecule has 1 unspecified atom stereocenters. The number of carbonyl (C=O) groups is 2. The van der Waals surface area contributed by atoms with Crippen LogP contribution in [0.4, 0.5) is 0 Å². The molecule has 3 N–H and O–H groups in total. The summed E-state index contributed by atoms with van der Waals surface area (Å²) >= 11 is 0. The zero-order valence-corrected chi connectivity index (χ0v) is 12.5. The fourth-order valence-corrected chi connectivity index (χ4v) is 3.10. The van der Waals surface area contributed by atoms with Gasteiger partial charge in [-0.15, -0.1) is 0 Å². The SMILES string of the molecule is O=C(CNCC1CCC(C(=O)O)CC1)NCC1CCCO1. The molecule has 1 amide bonds. The molecule has 0 bridgehead atoms. The van der Waals surface area contributed by atoms with E-state index < -0.39 is 5.97 Å². The molecule has 21 heavy (non-hydrogen) atoms. The van der Waals surface area contributed by atoms with Crippen LogP contribution in [-0.4, -0.2) is 49.3 Å². The largest absolute Gasteiger partial charge is 0.481 e. The van der Waals surface area contributed by atoms with Crippen LogP contribution in [0.5, 0.6) is 0 Å². The quantitative estimate of drug-likeness (QED) is 0.646. The fourth-order valence-electron chi connectivity index (χ4n) is 3.10. The highest BCUT2D eigenvalue weighted by Gasteiger charge is 2.25. The summed E-state index contributed by atoms with van der Waals surface area (Å²) in [7, 11) is 0. The van der Waals surface area contributed by atoms with Gasteiger partial charge in [-0.1, -0.05) is 0 Å². The van der Waals surface area contributed by atoms with Gasteiger partial charge < -0.3 is 20.5 Å². The van der Waals surface area contributed by atoms with Crippen LogP contribution in [0.3, 0.4) is 0 Å². The number of hydrogen-bond acceptors (Lipinski definition) is 4. The number of hydrogen-bond donors (Lipinski definition) is 3. The molecule has 1 heterocycles. The number of aliphatic carboxylic acids is 1. The predicted octanol–water partition coefficient (Wildman–Crippen LogP) is 0.762. The second kappa shape index (κ2) is 8.34. The molecule has 1 atom stereocenters. The molecule has 0 aromatic heterocycles.